The number of quaternary nitrogens is 1. The Morgan fingerprint density at radius 3 is 2.00 bits per heavy atom. The SMILES string of the molecule is C=CC[N+](CC=C)(CC=O)CCCS(=O)(=O)O. The third kappa shape index (κ3) is 7.04. The van der Waals surface area contributed by atoms with E-state index in [1.807, 2.05) is 0 Å². The number of hydrogen-bond acceptors (Lipinski definition) is 3. The molecule has 0 aliphatic heterocycles. The fourth-order valence-corrected chi connectivity index (χ4v) is 2.28. The summed E-state index contributed by atoms with van der Waals surface area (Å²) in [7, 11) is -3.94. The van der Waals surface area contributed by atoms with Crippen LogP contribution in [0.25, 0.3) is 0 Å². The fraction of sp³-hybridized carbons (Fsp3) is 0.545. The molecule has 5 nitrogen and oxygen atoms in total. The first-order chi connectivity index (χ1) is 7.89. The molecule has 1 N–H and O–H groups in total. The van der Waals surface area contributed by atoms with Crippen molar-refractivity contribution < 1.29 is 22.2 Å². The highest BCUT2D eigenvalue weighted by Crippen LogP contribution is 2.09. The van der Waals surface area contributed by atoms with Crippen molar-refractivity contribution >= 4 is 16.4 Å². The largest absolute Gasteiger partial charge is 0.311 e. The molecule has 0 amide bonds. The zero-order valence-corrected chi connectivity index (χ0v) is 10.7. The number of aldehydes is 1. The predicted molar refractivity (Wildman–Crippen MR) is 67.2 cm³/mol. The predicted octanol–water partition coefficient (Wildman–Crippen LogP) is 0.652. The highest BCUT2D eigenvalue weighted by molar-refractivity contribution is 7.85. The van der Waals surface area contributed by atoms with Crippen LogP contribution in [0.3, 0.4) is 0 Å². The van der Waals surface area contributed by atoms with Crippen molar-refractivity contribution in [3.8, 4) is 0 Å². The second-order valence-electron chi connectivity index (χ2n) is 4.00. The normalized spacial score (nSPS) is 12.1. The summed E-state index contributed by atoms with van der Waals surface area (Å²) in [6, 6.07) is 0. The van der Waals surface area contributed by atoms with Gasteiger partial charge in [0.05, 0.1) is 25.4 Å². The molecule has 0 saturated carbocycles. The average molecular weight is 262 g/mol. The minimum atomic E-state index is -3.94. The summed E-state index contributed by atoms with van der Waals surface area (Å²) >= 11 is 0. The molecule has 17 heavy (non-hydrogen) atoms. The van der Waals surface area contributed by atoms with Crippen LogP contribution in [0.4, 0.5) is 0 Å². The Morgan fingerprint density at radius 2 is 1.65 bits per heavy atom. The van der Waals surface area contributed by atoms with Crippen molar-refractivity contribution in [2.24, 2.45) is 0 Å². The number of carbonyl (C=O) groups is 1. The van der Waals surface area contributed by atoms with Crippen molar-refractivity contribution in [1.82, 2.24) is 0 Å². The first-order valence-corrected chi connectivity index (χ1v) is 6.96. The number of rotatable bonds is 10. The lowest BCUT2D eigenvalue weighted by atomic mass is 10.2. The van der Waals surface area contributed by atoms with Crippen LogP contribution < -0.4 is 0 Å². The number of nitrogens with zero attached hydrogens (tertiary/aromatic N) is 1. The highest BCUT2D eigenvalue weighted by atomic mass is 32.2. The van der Waals surface area contributed by atoms with Gasteiger partial charge in [-0.15, -0.1) is 0 Å². The molecule has 0 unspecified atom stereocenters. The third-order valence-corrected chi connectivity index (χ3v) is 3.33. The molecular formula is C11H20NO4S+. The van der Waals surface area contributed by atoms with E-state index >= 15 is 0 Å². The van der Waals surface area contributed by atoms with Crippen LogP contribution in [0, 0.1) is 0 Å². The molecule has 0 atom stereocenters. The molecule has 0 heterocycles. The van der Waals surface area contributed by atoms with Crippen molar-refractivity contribution in [3.05, 3.63) is 25.3 Å². The quantitative estimate of drug-likeness (QED) is 0.272. The van der Waals surface area contributed by atoms with Gasteiger partial charge in [-0.3, -0.25) is 9.35 Å². The highest BCUT2D eigenvalue weighted by Gasteiger charge is 2.24. The average Bonchev–Trinajstić information content (AvgIpc) is 2.16. The van der Waals surface area contributed by atoms with Gasteiger partial charge in [0.25, 0.3) is 10.1 Å². The van der Waals surface area contributed by atoms with Gasteiger partial charge in [-0.2, -0.15) is 8.42 Å². The Hall–Kier alpha value is -0.980. The van der Waals surface area contributed by atoms with Crippen LogP contribution >= 0.6 is 0 Å². The van der Waals surface area contributed by atoms with E-state index in [1.54, 1.807) is 12.2 Å². The molecule has 0 bridgehead atoms. The van der Waals surface area contributed by atoms with E-state index < -0.39 is 10.1 Å². The van der Waals surface area contributed by atoms with Crippen LogP contribution in [0.15, 0.2) is 25.3 Å². The van der Waals surface area contributed by atoms with E-state index in [1.165, 1.54) is 0 Å². The van der Waals surface area contributed by atoms with Gasteiger partial charge in [-0.1, -0.05) is 13.2 Å². The van der Waals surface area contributed by atoms with Crippen molar-refractivity contribution in [3.63, 3.8) is 0 Å². The molecule has 0 aliphatic carbocycles. The molecule has 0 spiro atoms. The Balaban J connectivity index is 4.59. The summed E-state index contributed by atoms with van der Waals surface area (Å²) in [6.07, 6.45) is 4.50. The van der Waals surface area contributed by atoms with Gasteiger partial charge in [0, 0.05) is 6.42 Å². The molecule has 6 heteroatoms. The molecule has 0 aliphatic rings. The van der Waals surface area contributed by atoms with E-state index in [9.17, 15) is 13.2 Å². The maximum Gasteiger partial charge on any atom is 0.265 e. The number of carbonyl (C=O) groups excluding carboxylic acids is 1. The van der Waals surface area contributed by atoms with E-state index in [2.05, 4.69) is 13.2 Å². The zero-order valence-electron chi connectivity index (χ0n) is 9.92. The van der Waals surface area contributed by atoms with E-state index in [0.29, 0.717) is 30.5 Å². The van der Waals surface area contributed by atoms with Crippen molar-refractivity contribution in [1.29, 1.82) is 0 Å². The van der Waals surface area contributed by atoms with Gasteiger partial charge >= 0.3 is 0 Å². The third-order valence-electron chi connectivity index (χ3n) is 2.53. The summed E-state index contributed by atoms with van der Waals surface area (Å²) in [5, 5.41) is 0. The summed E-state index contributed by atoms with van der Waals surface area (Å²) in [5.74, 6) is -0.292. The number of hydrogen-bond donors (Lipinski definition) is 1. The van der Waals surface area contributed by atoms with Crippen LogP contribution in [-0.2, 0) is 14.9 Å². The molecule has 0 radical (unpaired) electrons. The van der Waals surface area contributed by atoms with Gasteiger partial charge < -0.3 is 4.48 Å². The summed E-state index contributed by atoms with van der Waals surface area (Å²) < 4.78 is 30.3. The Labute approximate surface area is 103 Å². The van der Waals surface area contributed by atoms with Gasteiger partial charge in [0.15, 0.2) is 6.29 Å². The van der Waals surface area contributed by atoms with Crippen molar-refractivity contribution in [2.75, 3.05) is 31.9 Å². The first kappa shape index (κ1) is 16.0. The Kier molecular flexibility index (Phi) is 6.94. The molecule has 98 valence electrons. The van der Waals surface area contributed by atoms with Gasteiger partial charge in [0.2, 0.25) is 0 Å². The van der Waals surface area contributed by atoms with Crippen LogP contribution in [-0.4, -0.2) is 55.7 Å². The zero-order chi connectivity index (χ0) is 13.4. The summed E-state index contributed by atoms with van der Waals surface area (Å²) in [4.78, 5) is 10.7. The minimum absolute atomic E-state index is 0.281. The molecule has 0 aromatic heterocycles. The molecule has 0 aromatic carbocycles. The minimum Gasteiger partial charge on any atom is -0.311 e. The van der Waals surface area contributed by atoms with E-state index in [4.69, 9.17) is 4.55 Å². The van der Waals surface area contributed by atoms with E-state index in [-0.39, 0.29) is 12.3 Å². The maximum absolute atomic E-state index is 10.7. The molecule has 0 fully saturated rings. The van der Waals surface area contributed by atoms with Gasteiger partial charge in [-0.25, -0.2) is 0 Å². The van der Waals surface area contributed by atoms with Crippen molar-refractivity contribution in [2.45, 2.75) is 6.42 Å². The van der Waals surface area contributed by atoms with Crippen LogP contribution in [0.1, 0.15) is 6.42 Å². The molecule has 0 rings (SSSR count). The lowest BCUT2D eigenvalue weighted by molar-refractivity contribution is -0.909. The smallest absolute Gasteiger partial charge is 0.265 e. The first-order valence-electron chi connectivity index (χ1n) is 5.35. The second-order valence-corrected chi connectivity index (χ2v) is 5.57. The van der Waals surface area contributed by atoms with Crippen LogP contribution in [0.2, 0.25) is 0 Å². The monoisotopic (exact) mass is 262 g/mol. The molecular weight excluding hydrogens is 242 g/mol. The van der Waals surface area contributed by atoms with E-state index in [0.717, 1.165) is 6.29 Å². The second kappa shape index (κ2) is 7.37. The maximum atomic E-state index is 10.7. The molecule has 0 aromatic rings. The lowest BCUT2D eigenvalue weighted by Gasteiger charge is -2.35. The lowest BCUT2D eigenvalue weighted by Crippen LogP contribution is -2.50. The summed E-state index contributed by atoms with van der Waals surface area (Å²) in [6.45, 7) is 9.16. The topological polar surface area (TPSA) is 71.4 Å². The van der Waals surface area contributed by atoms with Gasteiger partial charge in [-0.05, 0) is 12.2 Å². The van der Waals surface area contributed by atoms with Crippen LogP contribution in [0.5, 0.6) is 0 Å². The standard InChI is InChI=1S/C11H19NO4S/c1-3-6-12(7-4-2,9-10-13)8-5-11-17(14,15)16/h3-4,10H,1-2,5-9,11H2/p+1. The van der Waals surface area contributed by atoms with Gasteiger partial charge in [0.1, 0.15) is 6.54 Å². The summed E-state index contributed by atoms with van der Waals surface area (Å²) in [5.41, 5.74) is 0. The molecule has 0 saturated heterocycles. The Bertz CT molecular complexity index is 335. The fourth-order valence-electron chi connectivity index (χ4n) is 1.79. The Morgan fingerprint density at radius 1 is 1.12 bits per heavy atom.